The number of phenolic OH excluding ortho intramolecular Hbond substituents is 1. The summed E-state index contributed by atoms with van der Waals surface area (Å²) >= 11 is 0. The topological polar surface area (TPSA) is 41.5 Å². The number of aromatic hydroxyl groups is 1. The number of ether oxygens (including phenoxy) is 1. The number of rotatable bonds is 5. The Hall–Kier alpha value is -2.16. The zero-order valence-corrected chi connectivity index (χ0v) is 12.2. The standard InChI is InChI=1S/C17H21NO2/c1-12(2)13-4-7-15(8-5-13)18-11-14-6-9-16(20-3)10-17(14)19/h4-10,12,18-19H,11H2,1-3H3. The lowest BCUT2D eigenvalue weighted by atomic mass is 10.0. The second-order valence-corrected chi connectivity index (χ2v) is 5.12. The number of benzene rings is 2. The molecular weight excluding hydrogens is 250 g/mol. The van der Waals surface area contributed by atoms with Crippen LogP contribution in [0, 0.1) is 0 Å². The van der Waals surface area contributed by atoms with Gasteiger partial charge in [0.1, 0.15) is 11.5 Å². The van der Waals surface area contributed by atoms with Gasteiger partial charge in [-0.25, -0.2) is 0 Å². The summed E-state index contributed by atoms with van der Waals surface area (Å²) in [6, 6.07) is 13.7. The highest BCUT2D eigenvalue weighted by molar-refractivity contribution is 5.47. The van der Waals surface area contributed by atoms with E-state index in [0.717, 1.165) is 11.3 Å². The maximum absolute atomic E-state index is 9.90. The molecule has 20 heavy (non-hydrogen) atoms. The normalized spacial score (nSPS) is 10.6. The summed E-state index contributed by atoms with van der Waals surface area (Å²) in [5, 5.41) is 13.2. The van der Waals surface area contributed by atoms with Crippen molar-refractivity contribution in [2.75, 3.05) is 12.4 Å². The van der Waals surface area contributed by atoms with E-state index in [0.29, 0.717) is 18.2 Å². The summed E-state index contributed by atoms with van der Waals surface area (Å²) in [5.41, 5.74) is 3.21. The third-order valence-electron chi connectivity index (χ3n) is 3.35. The van der Waals surface area contributed by atoms with Crippen LogP contribution in [0.25, 0.3) is 0 Å². The maximum Gasteiger partial charge on any atom is 0.124 e. The summed E-state index contributed by atoms with van der Waals surface area (Å²) in [7, 11) is 1.59. The lowest BCUT2D eigenvalue weighted by Gasteiger charge is -2.11. The van der Waals surface area contributed by atoms with E-state index in [9.17, 15) is 5.11 Å². The summed E-state index contributed by atoms with van der Waals surface area (Å²) in [4.78, 5) is 0. The highest BCUT2D eigenvalue weighted by Gasteiger charge is 2.03. The molecule has 0 heterocycles. The average Bonchev–Trinajstić information content (AvgIpc) is 2.46. The summed E-state index contributed by atoms with van der Waals surface area (Å²) < 4.78 is 5.07. The molecular formula is C17H21NO2. The smallest absolute Gasteiger partial charge is 0.124 e. The number of anilines is 1. The van der Waals surface area contributed by atoms with Crippen molar-refractivity contribution in [2.24, 2.45) is 0 Å². The minimum Gasteiger partial charge on any atom is -0.507 e. The zero-order valence-electron chi connectivity index (χ0n) is 12.2. The highest BCUT2D eigenvalue weighted by Crippen LogP contribution is 2.24. The van der Waals surface area contributed by atoms with Gasteiger partial charge in [-0.15, -0.1) is 0 Å². The molecule has 0 aromatic heterocycles. The van der Waals surface area contributed by atoms with Crippen molar-refractivity contribution in [3.63, 3.8) is 0 Å². The number of hydrogen-bond acceptors (Lipinski definition) is 3. The minimum absolute atomic E-state index is 0.246. The molecule has 0 unspecified atom stereocenters. The Morgan fingerprint density at radius 1 is 1.10 bits per heavy atom. The van der Waals surface area contributed by atoms with Gasteiger partial charge in [-0.05, 0) is 35.7 Å². The van der Waals surface area contributed by atoms with Gasteiger partial charge in [0.15, 0.2) is 0 Å². The Labute approximate surface area is 120 Å². The van der Waals surface area contributed by atoms with Crippen LogP contribution < -0.4 is 10.1 Å². The van der Waals surface area contributed by atoms with Gasteiger partial charge in [0.25, 0.3) is 0 Å². The number of phenols is 1. The first-order valence-electron chi connectivity index (χ1n) is 6.80. The number of methoxy groups -OCH3 is 1. The predicted octanol–water partition coefficient (Wildman–Crippen LogP) is 4.14. The van der Waals surface area contributed by atoms with Crippen molar-refractivity contribution in [2.45, 2.75) is 26.3 Å². The van der Waals surface area contributed by atoms with Crippen LogP contribution in [0.4, 0.5) is 5.69 Å². The molecule has 0 atom stereocenters. The SMILES string of the molecule is COc1ccc(CNc2ccc(C(C)C)cc2)c(O)c1. The fraction of sp³-hybridized carbons (Fsp3) is 0.294. The minimum atomic E-state index is 0.246. The van der Waals surface area contributed by atoms with Crippen LogP contribution in [0.15, 0.2) is 42.5 Å². The van der Waals surface area contributed by atoms with Gasteiger partial charge in [0.05, 0.1) is 7.11 Å². The molecule has 2 aromatic rings. The number of hydrogen-bond donors (Lipinski definition) is 2. The summed E-state index contributed by atoms with van der Waals surface area (Å²) in [6.45, 7) is 4.94. The maximum atomic E-state index is 9.90. The van der Waals surface area contributed by atoms with Crippen molar-refractivity contribution in [1.82, 2.24) is 0 Å². The van der Waals surface area contributed by atoms with E-state index in [-0.39, 0.29) is 5.75 Å². The zero-order chi connectivity index (χ0) is 14.5. The Balaban J connectivity index is 2.01. The lowest BCUT2D eigenvalue weighted by molar-refractivity contribution is 0.406. The third-order valence-corrected chi connectivity index (χ3v) is 3.35. The number of nitrogens with one attached hydrogen (secondary N) is 1. The van der Waals surface area contributed by atoms with Crippen molar-refractivity contribution in [1.29, 1.82) is 0 Å². The van der Waals surface area contributed by atoms with E-state index < -0.39 is 0 Å². The molecule has 106 valence electrons. The van der Waals surface area contributed by atoms with Gasteiger partial charge in [-0.1, -0.05) is 26.0 Å². The summed E-state index contributed by atoms with van der Waals surface area (Å²) in [5.74, 6) is 1.44. The van der Waals surface area contributed by atoms with Gasteiger partial charge in [-0.2, -0.15) is 0 Å². The molecule has 0 saturated heterocycles. The quantitative estimate of drug-likeness (QED) is 0.859. The van der Waals surface area contributed by atoms with Crippen LogP contribution in [-0.2, 0) is 6.54 Å². The van der Waals surface area contributed by atoms with Crippen LogP contribution in [-0.4, -0.2) is 12.2 Å². The van der Waals surface area contributed by atoms with E-state index in [1.54, 1.807) is 13.2 Å². The molecule has 0 aliphatic rings. The van der Waals surface area contributed by atoms with Crippen LogP contribution >= 0.6 is 0 Å². The molecule has 2 N–H and O–H groups in total. The van der Waals surface area contributed by atoms with Gasteiger partial charge in [0.2, 0.25) is 0 Å². The van der Waals surface area contributed by atoms with Crippen LogP contribution in [0.5, 0.6) is 11.5 Å². The second-order valence-electron chi connectivity index (χ2n) is 5.12. The largest absolute Gasteiger partial charge is 0.507 e. The van der Waals surface area contributed by atoms with E-state index in [2.05, 4.69) is 43.4 Å². The molecule has 0 saturated carbocycles. The van der Waals surface area contributed by atoms with E-state index in [1.807, 2.05) is 12.1 Å². The molecule has 0 amide bonds. The molecule has 0 fully saturated rings. The van der Waals surface area contributed by atoms with Crippen LogP contribution in [0.3, 0.4) is 0 Å². The summed E-state index contributed by atoms with van der Waals surface area (Å²) in [6.07, 6.45) is 0. The van der Waals surface area contributed by atoms with Crippen molar-refractivity contribution in [3.05, 3.63) is 53.6 Å². The third kappa shape index (κ3) is 3.44. The van der Waals surface area contributed by atoms with Crippen molar-refractivity contribution in [3.8, 4) is 11.5 Å². The molecule has 0 aliphatic carbocycles. The van der Waals surface area contributed by atoms with Gasteiger partial charge >= 0.3 is 0 Å². The molecule has 0 spiro atoms. The molecule has 2 aromatic carbocycles. The van der Waals surface area contributed by atoms with Gasteiger partial charge < -0.3 is 15.2 Å². The molecule has 0 radical (unpaired) electrons. The highest BCUT2D eigenvalue weighted by atomic mass is 16.5. The first-order valence-corrected chi connectivity index (χ1v) is 6.80. The van der Waals surface area contributed by atoms with Gasteiger partial charge in [-0.3, -0.25) is 0 Å². The Morgan fingerprint density at radius 3 is 2.35 bits per heavy atom. The monoisotopic (exact) mass is 271 g/mol. The van der Waals surface area contributed by atoms with E-state index in [1.165, 1.54) is 5.56 Å². The second kappa shape index (κ2) is 6.33. The van der Waals surface area contributed by atoms with Crippen molar-refractivity contribution >= 4 is 5.69 Å². The van der Waals surface area contributed by atoms with E-state index in [4.69, 9.17) is 4.74 Å². The van der Waals surface area contributed by atoms with Crippen LogP contribution in [0.2, 0.25) is 0 Å². The first-order chi connectivity index (χ1) is 9.60. The fourth-order valence-corrected chi connectivity index (χ4v) is 2.00. The van der Waals surface area contributed by atoms with Crippen LogP contribution in [0.1, 0.15) is 30.9 Å². The first kappa shape index (κ1) is 14.3. The van der Waals surface area contributed by atoms with E-state index >= 15 is 0 Å². The Kier molecular flexibility index (Phi) is 4.51. The Morgan fingerprint density at radius 2 is 1.80 bits per heavy atom. The average molecular weight is 271 g/mol. The van der Waals surface area contributed by atoms with Crippen molar-refractivity contribution < 1.29 is 9.84 Å². The molecule has 3 heteroatoms. The molecule has 0 bridgehead atoms. The molecule has 2 rings (SSSR count). The molecule has 3 nitrogen and oxygen atoms in total. The molecule has 0 aliphatic heterocycles. The fourth-order valence-electron chi connectivity index (χ4n) is 2.00. The van der Waals surface area contributed by atoms with Gasteiger partial charge in [0, 0.05) is 23.9 Å². The predicted molar refractivity (Wildman–Crippen MR) is 82.5 cm³/mol. The lowest BCUT2D eigenvalue weighted by Crippen LogP contribution is -2.00. The Bertz CT molecular complexity index is 562.